The van der Waals surface area contributed by atoms with Crippen LogP contribution in [0.4, 0.5) is 0 Å². The molecule has 1 heterocycles. The van der Waals surface area contributed by atoms with Crippen LogP contribution in [0.3, 0.4) is 0 Å². The maximum Gasteiger partial charge on any atom is 0.129 e. The molecule has 1 aromatic carbocycles. The van der Waals surface area contributed by atoms with Gasteiger partial charge in [-0.1, -0.05) is 63.4 Å². The molecule has 0 spiro atoms. The van der Waals surface area contributed by atoms with Crippen molar-refractivity contribution in [1.29, 1.82) is 0 Å². The first kappa shape index (κ1) is 17.5. The van der Waals surface area contributed by atoms with Gasteiger partial charge in [-0.15, -0.1) is 0 Å². The molecular weight excluding hydrogens is 322 g/mol. The molecule has 1 aromatic rings. The highest BCUT2D eigenvalue weighted by Gasteiger charge is 2.52. The largest absolute Gasteiger partial charge is 0.299 e. The molecule has 3 nitrogen and oxygen atoms in total. The molecule has 0 aromatic heterocycles. The predicted octanol–water partition coefficient (Wildman–Crippen LogP) is 2.11. The minimum absolute atomic E-state index is 0.714. The Hall–Kier alpha value is -0.943. The van der Waals surface area contributed by atoms with Gasteiger partial charge in [-0.3, -0.25) is 15.2 Å². The van der Waals surface area contributed by atoms with Crippen LogP contribution < -0.4 is 21.1 Å². The summed E-state index contributed by atoms with van der Waals surface area (Å²) in [5.74, 6) is 3.04. The Balaban J connectivity index is 1.74. The third-order valence-electron chi connectivity index (χ3n) is 7.02. The van der Waals surface area contributed by atoms with Gasteiger partial charge in [-0.05, 0) is 46.1 Å². The lowest BCUT2D eigenvalue weighted by Crippen LogP contribution is -2.63. The van der Waals surface area contributed by atoms with Gasteiger partial charge in [0.25, 0.3) is 0 Å². The van der Waals surface area contributed by atoms with Gasteiger partial charge in [0.15, 0.2) is 0 Å². The van der Waals surface area contributed by atoms with Crippen LogP contribution in [0.1, 0.15) is 20.3 Å². The van der Waals surface area contributed by atoms with Gasteiger partial charge in [-0.25, -0.2) is 0 Å². The molecule has 2 N–H and O–H groups in total. The Labute approximate surface area is 153 Å². The SMILES string of the molecule is CC(C)C1CC2C=c3ccccc3=CC2C1[Si](C)(C)N1CNCNC1. The summed E-state index contributed by atoms with van der Waals surface area (Å²) >= 11 is 0. The van der Waals surface area contributed by atoms with E-state index < -0.39 is 8.24 Å². The first-order valence-corrected chi connectivity index (χ1v) is 13.0. The molecule has 4 unspecified atom stereocenters. The van der Waals surface area contributed by atoms with E-state index in [0.717, 1.165) is 43.3 Å². The second-order valence-electron chi connectivity index (χ2n) is 9.06. The van der Waals surface area contributed by atoms with Crippen LogP contribution in [-0.2, 0) is 0 Å². The Morgan fingerprint density at radius 2 is 1.68 bits per heavy atom. The van der Waals surface area contributed by atoms with Gasteiger partial charge in [-0.2, -0.15) is 0 Å². The zero-order valence-corrected chi connectivity index (χ0v) is 17.1. The molecule has 0 amide bonds. The first-order chi connectivity index (χ1) is 12.0. The lowest BCUT2D eigenvalue weighted by Gasteiger charge is -2.48. The molecular formula is C21H33N3Si. The summed E-state index contributed by atoms with van der Waals surface area (Å²) < 4.78 is 2.74. The van der Waals surface area contributed by atoms with Crippen LogP contribution in [0.25, 0.3) is 12.2 Å². The van der Waals surface area contributed by atoms with Gasteiger partial charge in [0, 0.05) is 20.0 Å². The highest BCUT2D eigenvalue weighted by molar-refractivity contribution is 6.76. The van der Waals surface area contributed by atoms with Crippen molar-refractivity contribution in [3.05, 3.63) is 34.7 Å². The fourth-order valence-electron chi connectivity index (χ4n) is 5.65. The molecule has 4 rings (SSSR count). The summed E-state index contributed by atoms with van der Waals surface area (Å²) in [5.41, 5.74) is 0.823. The van der Waals surface area contributed by atoms with E-state index in [1.807, 2.05) is 0 Å². The van der Waals surface area contributed by atoms with Crippen molar-refractivity contribution in [2.45, 2.75) is 38.9 Å². The Morgan fingerprint density at radius 1 is 1.04 bits per heavy atom. The van der Waals surface area contributed by atoms with Crippen molar-refractivity contribution >= 4 is 20.4 Å². The summed E-state index contributed by atoms with van der Waals surface area (Å²) in [5, 5.41) is 9.96. The molecule has 136 valence electrons. The van der Waals surface area contributed by atoms with Crippen molar-refractivity contribution in [3.63, 3.8) is 0 Å². The monoisotopic (exact) mass is 355 g/mol. The van der Waals surface area contributed by atoms with E-state index in [9.17, 15) is 0 Å². The smallest absolute Gasteiger partial charge is 0.129 e. The molecule has 0 radical (unpaired) electrons. The van der Waals surface area contributed by atoms with E-state index >= 15 is 0 Å². The van der Waals surface area contributed by atoms with Gasteiger partial charge in [0.1, 0.15) is 8.24 Å². The number of nitrogens with zero attached hydrogens (tertiary/aromatic N) is 1. The van der Waals surface area contributed by atoms with Crippen molar-refractivity contribution in [3.8, 4) is 0 Å². The number of benzene rings is 1. The molecule has 25 heavy (non-hydrogen) atoms. The number of rotatable bonds is 3. The van der Waals surface area contributed by atoms with E-state index in [0.29, 0.717) is 5.92 Å². The Morgan fingerprint density at radius 3 is 2.32 bits per heavy atom. The second kappa shape index (κ2) is 6.65. The number of nitrogens with one attached hydrogen (secondary N) is 2. The minimum Gasteiger partial charge on any atom is -0.299 e. The second-order valence-corrected chi connectivity index (χ2v) is 13.7. The van der Waals surface area contributed by atoms with Crippen molar-refractivity contribution < 1.29 is 0 Å². The van der Waals surface area contributed by atoms with Gasteiger partial charge >= 0.3 is 0 Å². The number of fused-ring (bicyclic) bond motifs is 2. The molecule has 1 saturated heterocycles. The molecule has 2 aliphatic carbocycles. The summed E-state index contributed by atoms with van der Waals surface area (Å²) in [6, 6.07) is 8.97. The van der Waals surface area contributed by atoms with Crippen molar-refractivity contribution in [1.82, 2.24) is 15.2 Å². The van der Waals surface area contributed by atoms with E-state index in [-0.39, 0.29) is 0 Å². The predicted molar refractivity (Wildman–Crippen MR) is 108 cm³/mol. The zero-order chi connectivity index (χ0) is 17.6. The van der Waals surface area contributed by atoms with Crippen LogP contribution in [0, 0.1) is 23.7 Å². The van der Waals surface area contributed by atoms with E-state index in [1.165, 1.54) is 16.9 Å². The molecule has 1 saturated carbocycles. The first-order valence-electron chi connectivity index (χ1n) is 9.93. The van der Waals surface area contributed by atoms with Gasteiger partial charge in [0.2, 0.25) is 0 Å². The third-order valence-corrected chi connectivity index (χ3v) is 11.4. The fraction of sp³-hybridized carbons (Fsp3) is 0.619. The van der Waals surface area contributed by atoms with Gasteiger partial charge < -0.3 is 0 Å². The summed E-state index contributed by atoms with van der Waals surface area (Å²) in [4.78, 5) is 0. The number of hydrogen-bond acceptors (Lipinski definition) is 3. The summed E-state index contributed by atoms with van der Waals surface area (Å²) in [6.45, 7) is 13.1. The van der Waals surface area contributed by atoms with Crippen LogP contribution in [0.5, 0.6) is 0 Å². The van der Waals surface area contributed by atoms with E-state index in [2.05, 4.69) is 78.6 Å². The van der Waals surface area contributed by atoms with Crippen LogP contribution in [0.2, 0.25) is 18.6 Å². The molecule has 3 aliphatic rings. The normalized spacial score (nSPS) is 32.7. The van der Waals surface area contributed by atoms with Crippen molar-refractivity contribution in [2.24, 2.45) is 23.7 Å². The van der Waals surface area contributed by atoms with Crippen LogP contribution >= 0.6 is 0 Å². The molecule has 0 bridgehead atoms. The maximum atomic E-state index is 3.53. The molecule has 2 fully saturated rings. The van der Waals surface area contributed by atoms with Gasteiger partial charge in [0.05, 0.1) is 0 Å². The lowest BCUT2D eigenvalue weighted by molar-refractivity contribution is 0.273. The Kier molecular flexibility index (Phi) is 4.65. The average Bonchev–Trinajstić information content (AvgIpc) is 3.00. The molecule has 1 aliphatic heterocycles. The highest BCUT2D eigenvalue weighted by atomic mass is 28.3. The molecule has 4 atom stereocenters. The van der Waals surface area contributed by atoms with Crippen LogP contribution in [0.15, 0.2) is 24.3 Å². The van der Waals surface area contributed by atoms with Crippen molar-refractivity contribution in [2.75, 3.05) is 20.0 Å². The lowest BCUT2D eigenvalue weighted by atomic mass is 9.89. The summed E-state index contributed by atoms with van der Waals surface area (Å²) in [7, 11) is -1.57. The Bertz CT molecular complexity index is 736. The fourth-order valence-corrected chi connectivity index (χ4v) is 9.97. The van der Waals surface area contributed by atoms with Crippen LogP contribution in [-0.4, -0.2) is 32.8 Å². The summed E-state index contributed by atoms with van der Waals surface area (Å²) in [6.07, 6.45) is 6.59. The maximum absolute atomic E-state index is 3.53. The molecule has 4 heteroatoms. The van der Waals surface area contributed by atoms with E-state index in [1.54, 1.807) is 0 Å². The standard InChI is InChI=1S/C21H33N3Si/c1-15(2)19-11-18-9-16-7-5-6-8-17(16)10-20(18)21(19)25(3,4)24-13-22-12-23-14-24/h5-10,15,18-23H,11-14H2,1-4H3. The average molecular weight is 356 g/mol. The number of hydrogen-bond donors (Lipinski definition) is 2. The zero-order valence-electron chi connectivity index (χ0n) is 16.1. The third kappa shape index (κ3) is 3.03. The minimum atomic E-state index is -1.57. The highest BCUT2D eigenvalue weighted by Crippen LogP contribution is 2.55. The quantitative estimate of drug-likeness (QED) is 0.813. The topological polar surface area (TPSA) is 27.3 Å². The van der Waals surface area contributed by atoms with E-state index in [4.69, 9.17) is 0 Å².